The van der Waals surface area contributed by atoms with Crippen LogP contribution < -0.4 is 0 Å². The number of sulfone groups is 1. The fourth-order valence-electron chi connectivity index (χ4n) is 4.13. The monoisotopic (exact) mass is 428 g/mol. The Morgan fingerprint density at radius 1 is 1.05 bits per heavy atom. The van der Waals surface area contributed by atoms with Crippen LogP contribution in [0.4, 0.5) is 0 Å². The minimum atomic E-state index is -3.09. The van der Waals surface area contributed by atoms with Crippen LogP contribution in [0, 0.1) is 11.8 Å². The molecule has 2 nitrogen and oxygen atoms in total. The van der Waals surface area contributed by atoms with Crippen molar-refractivity contribution < 1.29 is 8.42 Å². The zero-order valence-electron chi connectivity index (χ0n) is 14.0. The first-order valence-electron chi connectivity index (χ1n) is 8.57. The minimum absolute atomic E-state index is 0.333. The van der Waals surface area contributed by atoms with E-state index in [9.17, 15) is 8.42 Å². The molecule has 2 fully saturated rings. The average molecular weight is 427 g/mol. The molecule has 0 N–H and O–H groups in total. The van der Waals surface area contributed by atoms with Crippen LogP contribution in [0.5, 0.6) is 0 Å². The Balaban J connectivity index is 1.71. The van der Waals surface area contributed by atoms with Crippen molar-refractivity contribution in [1.29, 1.82) is 0 Å². The number of benzene rings is 1. The molecular weight excluding hydrogens is 399 g/mol. The van der Waals surface area contributed by atoms with Gasteiger partial charge in [-0.2, -0.15) is 0 Å². The molecule has 22 heavy (non-hydrogen) atoms. The summed E-state index contributed by atoms with van der Waals surface area (Å²) in [6.07, 6.45) is 5.48. The molecule has 3 unspecified atom stereocenters. The van der Waals surface area contributed by atoms with Gasteiger partial charge in [-0.3, -0.25) is 0 Å². The van der Waals surface area contributed by atoms with Gasteiger partial charge in [-0.05, 0) is 0 Å². The van der Waals surface area contributed by atoms with Crippen LogP contribution in [0.25, 0.3) is 0 Å². The van der Waals surface area contributed by atoms with E-state index < -0.39 is 28.2 Å². The summed E-state index contributed by atoms with van der Waals surface area (Å²) in [5, 5.41) is 0. The van der Waals surface area contributed by atoms with E-state index in [1.54, 1.807) is 0 Å². The first-order valence-corrected chi connectivity index (χ1v) is 20.8. The van der Waals surface area contributed by atoms with Crippen LogP contribution in [0.3, 0.4) is 0 Å². The topological polar surface area (TPSA) is 34.1 Å². The van der Waals surface area contributed by atoms with Crippen molar-refractivity contribution in [1.82, 2.24) is 0 Å². The molecule has 1 aromatic rings. The predicted molar refractivity (Wildman–Crippen MR) is 94.8 cm³/mol. The van der Waals surface area contributed by atoms with E-state index in [0.29, 0.717) is 16.6 Å². The van der Waals surface area contributed by atoms with Gasteiger partial charge in [0.2, 0.25) is 0 Å². The Hall–Kier alpha value is -0.0313. The van der Waals surface area contributed by atoms with Gasteiger partial charge in [-0.15, -0.1) is 0 Å². The Morgan fingerprint density at radius 3 is 2.23 bits per heavy atom. The summed E-state index contributed by atoms with van der Waals surface area (Å²) in [4.78, 5) is 7.41. The van der Waals surface area contributed by atoms with Crippen LogP contribution in [-0.2, 0) is 9.84 Å². The summed E-state index contributed by atoms with van der Waals surface area (Å²) < 4.78 is 25.9. The van der Waals surface area contributed by atoms with Gasteiger partial charge in [0.1, 0.15) is 0 Å². The van der Waals surface area contributed by atoms with Crippen molar-refractivity contribution in [3.8, 4) is 0 Å². The molecule has 0 spiro atoms. The molecule has 2 bridgehead atoms. The van der Waals surface area contributed by atoms with Crippen LogP contribution >= 0.6 is 0 Å². The molecule has 122 valence electrons. The molecule has 0 saturated heterocycles. The molecule has 2 aliphatic carbocycles. The van der Waals surface area contributed by atoms with E-state index in [1.165, 1.54) is 31.2 Å². The van der Waals surface area contributed by atoms with Crippen molar-refractivity contribution in [2.24, 2.45) is 11.8 Å². The van der Waals surface area contributed by atoms with E-state index in [1.807, 2.05) is 12.1 Å². The van der Waals surface area contributed by atoms with Crippen LogP contribution in [0.2, 0.25) is 19.3 Å². The van der Waals surface area contributed by atoms with Gasteiger partial charge in [-0.25, -0.2) is 0 Å². The Kier molecular flexibility index (Phi) is 4.68. The molecule has 0 aromatic heterocycles. The van der Waals surface area contributed by atoms with Gasteiger partial charge in [0, 0.05) is 0 Å². The van der Waals surface area contributed by atoms with Crippen molar-refractivity contribution in [3.63, 3.8) is 0 Å². The van der Waals surface area contributed by atoms with E-state index in [-0.39, 0.29) is 0 Å². The summed E-state index contributed by atoms with van der Waals surface area (Å²) in [6, 6.07) is 7.88. The summed E-state index contributed by atoms with van der Waals surface area (Å²) in [7, 11) is -3.09. The summed E-state index contributed by atoms with van der Waals surface area (Å²) >= 11 is -2.02. The van der Waals surface area contributed by atoms with Gasteiger partial charge in [0.15, 0.2) is 0 Å². The summed E-state index contributed by atoms with van der Waals surface area (Å²) in [5.41, 5.74) is 1.36. The Morgan fingerprint density at radius 2 is 1.73 bits per heavy atom. The number of hydrogen-bond acceptors (Lipinski definition) is 2. The molecule has 2 aliphatic rings. The van der Waals surface area contributed by atoms with Crippen LogP contribution in [0.15, 0.2) is 29.2 Å². The molecule has 1 aromatic carbocycles. The van der Waals surface area contributed by atoms with Crippen LogP contribution in [0.1, 0.15) is 37.2 Å². The zero-order valence-corrected chi connectivity index (χ0v) is 17.7. The van der Waals surface area contributed by atoms with E-state index in [2.05, 4.69) is 27.0 Å². The molecule has 0 aliphatic heterocycles. The van der Waals surface area contributed by atoms with E-state index in [4.69, 9.17) is 0 Å². The van der Waals surface area contributed by atoms with Gasteiger partial charge in [0.25, 0.3) is 0 Å². The number of rotatable bonds is 5. The fourth-order valence-corrected chi connectivity index (χ4v) is 13.3. The van der Waals surface area contributed by atoms with E-state index >= 15 is 0 Å². The average Bonchev–Trinajstić information content (AvgIpc) is 3.07. The van der Waals surface area contributed by atoms with Crippen molar-refractivity contribution in [3.05, 3.63) is 29.8 Å². The van der Waals surface area contributed by atoms with Gasteiger partial charge in [0.05, 0.1) is 0 Å². The van der Waals surface area contributed by atoms with Gasteiger partial charge < -0.3 is 0 Å². The van der Waals surface area contributed by atoms with Crippen molar-refractivity contribution >= 4 is 28.2 Å². The standard InChI is InChI=1S/C15H19O2S.3CH3.Sn/c1-2-18(16,17)14-7-5-12(6-8-14)15-10-11-3-4-13(15)9-11;;;;/h5-8,11,13,15H,1-4,9-10H2;3*1H3;. The number of fused-ring (bicyclic) bond motifs is 2. The van der Waals surface area contributed by atoms with Gasteiger partial charge in [-0.1, -0.05) is 0 Å². The third-order valence-corrected chi connectivity index (χ3v) is 13.3. The molecule has 4 heteroatoms. The molecule has 3 rings (SSSR count). The van der Waals surface area contributed by atoms with Crippen molar-refractivity contribution in [2.75, 3.05) is 5.75 Å². The van der Waals surface area contributed by atoms with Crippen molar-refractivity contribution in [2.45, 2.75) is 55.8 Å². The maximum atomic E-state index is 12.5. The maximum absolute atomic E-state index is 12.5. The van der Waals surface area contributed by atoms with Crippen LogP contribution in [-0.4, -0.2) is 32.5 Å². The Bertz CT molecular complexity index is 628. The predicted octanol–water partition coefficient (Wildman–Crippen LogP) is 4.70. The zero-order chi connectivity index (χ0) is 16.0. The first-order chi connectivity index (χ1) is 10.2. The third-order valence-electron chi connectivity index (χ3n) is 5.53. The SMILES string of the molecule is [CH3][Sn]([CH3])([CH3])[CH2]CS(=O)(=O)c1ccc(C2CC3CCC2C3)cc1. The Labute approximate surface area is 139 Å². The summed E-state index contributed by atoms with van der Waals surface area (Å²) in [5.74, 6) is 2.79. The fraction of sp³-hybridized carbons (Fsp3) is 0.667. The quantitative estimate of drug-likeness (QED) is 0.639. The third kappa shape index (κ3) is 3.72. The normalized spacial score (nSPS) is 28.2. The second-order valence-electron chi connectivity index (χ2n) is 8.48. The molecule has 3 atom stereocenters. The van der Waals surface area contributed by atoms with E-state index in [0.717, 1.165) is 16.3 Å². The summed E-state index contributed by atoms with van der Waals surface area (Å²) in [6.45, 7) is 0. The first kappa shape index (κ1) is 16.8. The molecular formula is C18H28O2SSn. The second-order valence-corrected chi connectivity index (χ2v) is 26.6. The molecule has 0 amide bonds. The van der Waals surface area contributed by atoms with Gasteiger partial charge >= 0.3 is 140 Å². The second kappa shape index (κ2) is 6.12. The molecule has 2 saturated carbocycles. The number of hydrogen-bond donors (Lipinski definition) is 0. The molecule has 0 heterocycles. The molecule has 0 radical (unpaired) electrons.